The lowest BCUT2D eigenvalue weighted by Gasteiger charge is -2.20. The molecule has 0 aromatic heterocycles. The maximum atomic E-state index is 12.2. The largest absolute Gasteiger partial charge is 0.478 e. The number of nitrogens with zero attached hydrogens (tertiary/aromatic N) is 1. The topological polar surface area (TPSA) is 57.6 Å². The first-order chi connectivity index (χ1) is 9.59. The first kappa shape index (κ1) is 14.6. The van der Waals surface area contributed by atoms with Crippen molar-refractivity contribution in [1.82, 2.24) is 0 Å². The lowest BCUT2D eigenvalue weighted by atomic mass is 10.0. The van der Waals surface area contributed by atoms with E-state index in [2.05, 4.69) is 0 Å². The third kappa shape index (κ3) is 3.38. The van der Waals surface area contributed by atoms with Gasteiger partial charge in [-0.25, -0.2) is 4.79 Å². The maximum absolute atomic E-state index is 12.2. The molecule has 0 radical (unpaired) electrons. The summed E-state index contributed by atoms with van der Waals surface area (Å²) in [6.07, 6.45) is 6.41. The van der Waals surface area contributed by atoms with Gasteiger partial charge in [-0.15, -0.1) is 0 Å². The van der Waals surface area contributed by atoms with E-state index >= 15 is 0 Å². The molecule has 20 heavy (non-hydrogen) atoms. The van der Waals surface area contributed by atoms with Crippen LogP contribution in [0.4, 0.5) is 5.69 Å². The lowest BCUT2D eigenvalue weighted by molar-refractivity contribution is -0.118. The molecule has 0 saturated heterocycles. The molecule has 108 valence electrons. The van der Waals surface area contributed by atoms with Crippen molar-refractivity contribution < 1.29 is 14.7 Å². The summed E-state index contributed by atoms with van der Waals surface area (Å²) in [4.78, 5) is 24.9. The second-order valence-electron chi connectivity index (χ2n) is 5.46. The molecule has 1 amide bonds. The van der Waals surface area contributed by atoms with Crippen LogP contribution in [0.1, 0.15) is 48.9 Å². The number of benzene rings is 1. The van der Waals surface area contributed by atoms with Crippen LogP contribution in [0.5, 0.6) is 0 Å². The number of hydrogen-bond donors (Lipinski definition) is 1. The number of rotatable bonds is 5. The number of carboxylic acid groups (broad SMARTS) is 1. The Kier molecular flexibility index (Phi) is 4.77. The number of anilines is 1. The van der Waals surface area contributed by atoms with E-state index in [9.17, 15) is 9.59 Å². The quantitative estimate of drug-likeness (QED) is 0.896. The number of aromatic carboxylic acids is 1. The number of para-hydroxylation sites is 1. The van der Waals surface area contributed by atoms with Crippen LogP contribution in [0.15, 0.2) is 24.3 Å². The number of carboxylic acids is 1. The Hall–Kier alpha value is -1.84. The predicted molar refractivity (Wildman–Crippen MR) is 78.0 cm³/mol. The van der Waals surface area contributed by atoms with E-state index in [1.807, 2.05) is 0 Å². The standard InChI is InChI=1S/C16H21NO3/c1-17(14-9-5-4-8-13(14)16(19)20)15(18)11-10-12-6-2-3-7-12/h4-5,8-9,12H,2-3,6-7,10-11H2,1H3,(H,19,20). The van der Waals surface area contributed by atoms with Crippen molar-refractivity contribution in [3.8, 4) is 0 Å². The molecular formula is C16H21NO3. The molecule has 1 aliphatic rings. The molecule has 0 unspecified atom stereocenters. The number of hydrogen-bond acceptors (Lipinski definition) is 2. The first-order valence-electron chi connectivity index (χ1n) is 7.18. The van der Waals surface area contributed by atoms with Gasteiger partial charge in [-0.2, -0.15) is 0 Å². The Balaban J connectivity index is 2.00. The minimum absolute atomic E-state index is 0.00870. The van der Waals surface area contributed by atoms with Gasteiger partial charge in [0.2, 0.25) is 5.91 Å². The van der Waals surface area contributed by atoms with Gasteiger partial charge in [-0.05, 0) is 24.5 Å². The summed E-state index contributed by atoms with van der Waals surface area (Å²) in [6, 6.07) is 6.63. The molecule has 0 atom stereocenters. The van der Waals surface area contributed by atoms with Crippen molar-refractivity contribution in [3.63, 3.8) is 0 Å². The Morgan fingerprint density at radius 2 is 1.90 bits per heavy atom. The summed E-state index contributed by atoms with van der Waals surface area (Å²) < 4.78 is 0. The highest BCUT2D eigenvalue weighted by atomic mass is 16.4. The van der Waals surface area contributed by atoms with Gasteiger partial charge < -0.3 is 10.0 Å². The zero-order valence-corrected chi connectivity index (χ0v) is 11.8. The third-order valence-corrected chi connectivity index (χ3v) is 4.11. The summed E-state index contributed by atoms with van der Waals surface area (Å²) >= 11 is 0. The molecule has 1 aliphatic carbocycles. The van der Waals surface area contributed by atoms with E-state index in [4.69, 9.17) is 5.11 Å². The number of carbonyl (C=O) groups is 2. The number of amides is 1. The van der Waals surface area contributed by atoms with E-state index in [1.54, 1.807) is 25.2 Å². The fourth-order valence-electron chi connectivity index (χ4n) is 2.88. The predicted octanol–water partition coefficient (Wildman–Crippen LogP) is 3.32. The van der Waals surface area contributed by atoms with Crippen molar-refractivity contribution in [2.24, 2.45) is 5.92 Å². The highest BCUT2D eigenvalue weighted by Gasteiger charge is 2.20. The van der Waals surface area contributed by atoms with Crippen molar-refractivity contribution in [1.29, 1.82) is 0 Å². The highest BCUT2D eigenvalue weighted by Crippen LogP contribution is 2.29. The minimum Gasteiger partial charge on any atom is -0.478 e. The molecule has 0 heterocycles. The van der Waals surface area contributed by atoms with Crippen LogP contribution in [-0.2, 0) is 4.79 Å². The van der Waals surface area contributed by atoms with Crippen molar-refractivity contribution in [2.75, 3.05) is 11.9 Å². The van der Waals surface area contributed by atoms with Gasteiger partial charge in [0.15, 0.2) is 0 Å². The van der Waals surface area contributed by atoms with Gasteiger partial charge in [-0.1, -0.05) is 37.8 Å². The van der Waals surface area contributed by atoms with E-state index in [0.717, 1.165) is 6.42 Å². The summed E-state index contributed by atoms with van der Waals surface area (Å²) in [6.45, 7) is 0. The van der Waals surface area contributed by atoms with Crippen LogP contribution in [0.2, 0.25) is 0 Å². The maximum Gasteiger partial charge on any atom is 0.337 e. The molecule has 4 heteroatoms. The summed E-state index contributed by atoms with van der Waals surface area (Å²) in [5.41, 5.74) is 0.639. The Bertz CT molecular complexity index is 492. The van der Waals surface area contributed by atoms with Crippen LogP contribution in [0.25, 0.3) is 0 Å². The molecule has 2 rings (SSSR count). The van der Waals surface area contributed by atoms with Crippen LogP contribution >= 0.6 is 0 Å². The average molecular weight is 275 g/mol. The van der Waals surface area contributed by atoms with Crippen LogP contribution in [0.3, 0.4) is 0 Å². The normalized spacial score (nSPS) is 15.2. The van der Waals surface area contributed by atoms with Gasteiger partial charge in [0.05, 0.1) is 11.3 Å². The zero-order valence-electron chi connectivity index (χ0n) is 11.8. The lowest BCUT2D eigenvalue weighted by Crippen LogP contribution is -2.28. The monoisotopic (exact) mass is 275 g/mol. The Morgan fingerprint density at radius 3 is 2.55 bits per heavy atom. The Morgan fingerprint density at radius 1 is 1.25 bits per heavy atom. The van der Waals surface area contributed by atoms with Crippen molar-refractivity contribution >= 4 is 17.6 Å². The molecule has 1 fully saturated rings. The van der Waals surface area contributed by atoms with Gasteiger partial charge in [0.1, 0.15) is 0 Å². The zero-order chi connectivity index (χ0) is 14.5. The van der Waals surface area contributed by atoms with Gasteiger partial charge >= 0.3 is 5.97 Å². The minimum atomic E-state index is -1.00. The fraction of sp³-hybridized carbons (Fsp3) is 0.500. The molecule has 0 aliphatic heterocycles. The molecule has 0 bridgehead atoms. The highest BCUT2D eigenvalue weighted by molar-refractivity contribution is 6.01. The van der Waals surface area contributed by atoms with E-state index in [0.29, 0.717) is 18.0 Å². The van der Waals surface area contributed by atoms with Crippen molar-refractivity contribution in [2.45, 2.75) is 38.5 Å². The second-order valence-corrected chi connectivity index (χ2v) is 5.46. The SMILES string of the molecule is CN(C(=O)CCC1CCCC1)c1ccccc1C(=O)O. The van der Waals surface area contributed by atoms with Gasteiger partial charge in [-0.3, -0.25) is 4.79 Å². The van der Waals surface area contributed by atoms with E-state index in [1.165, 1.54) is 36.6 Å². The van der Waals surface area contributed by atoms with Crippen molar-refractivity contribution in [3.05, 3.63) is 29.8 Å². The average Bonchev–Trinajstić information content (AvgIpc) is 2.97. The Labute approximate surface area is 119 Å². The van der Waals surface area contributed by atoms with E-state index < -0.39 is 5.97 Å². The van der Waals surface area contributed by atoms with Gasteiger partial charge in [0.25, 0.3) is 0 Å². The number of carbonyl (C=O) groups excluding carboxylic acids is 1. The molecular weight excluding hydrogens is 254 g/mol. The van der Waals surface area contributed by atoms with Crippen LogP contribution in [0, 0.1) is 5.92 Å². The fourth-order valence-corrected chi connectivity index (χ4v) is 2.88. The van der Waals surface area contributed by atoms with Gasteiger partial charge in [0, 0.05) is 13.5 Å². The first-order valence-corrected chi connectivity index (χ1v) is 7.18. The third-order valence-electron chi connectivity index (χ3n) is 4.11. The molecule has 1 aromatic carbocycles. The molecule has 4 nitrogen and oxygen atoms in total. The van der Waals surface area contributed by atoms with Crippen LogP contribution in [-0.4, -0.2) is 24.0 Å². The van der Waals surface area contributed by atoms with Crippen LogP contribution < -0.4 is 4.90 Å². The summed E-state index contributed by atoms with van der Waals surface area (Å²) in [5, 5.41) is 9.16. The smallest absolute Gasteiger partial charge is 0.337 e. The second kappa shape index (κ2) is 6.55. The molecule has 1 aromatic rings. The molecule has 1 N–H and O–H groups in total. The molecule has 1 saturated carbocycles. The summed E-state index contributed by atoms with van der Waals surface area (Å²) in [7, 11) is 1.65. The van der Waals surface area contributed by atoms with E-state index in [-0.39, 0.29) is 11.5 Å². The summed E-state index contributed by atoms with van der Waals surface area (Å²) in [5.74, 6) is -0.344. The molecule has 0 spiro atoms.